The monoisotopic (exact) mass is 208 g/mol. The minimum atomic E-state index is -0.191. The molecule has 0 aromatic heterocycles. The molecule has 0 bridgehead atoms. The van der Waals surface area contributed by atoms with E-state index >= 15 is 0 Å². The van der Waals surface area contributed by atoms with Gasteiger partial charge in [-0.3, -0.25) is 0 Å². The van der Waals surface area contributed by atoms with E-state index in [1.807, 2.05) is 6.92 Å². The van der Waals surface area contributed by atoms with Gasteiger partial charge in [0.2, 0.25) is 0 Å². The molecule has 15 heavy (non-hydrogen) atoms. The summed E-state index contributed by atoms with van der Waals surface area (Å²) in [4.78, 5) is 0. The first kappa shape index (κ1) is 10.5. The van der Waals surface area contributed by atoms with E-state index in [2.05, 4.69) is 0 Å². The Morgan fingerprint density at radius 3 is 2.60 bits per heavy atom. The zero-order chi connectivity index (χ0) is 10.7. The molecule has 1 aliphatic carbocycles. The van der Waals surface area contributed by atoms with Crippen molar-refractivity contribution in [1.29, 1.82) is 0 Å². The van der Waals surface area contributed by atoms with Gasteiger partial charge in [0.15, 0.2) is 0 Å². The van der Waals surface area contributed by atoms with Crippen LogP contribution in [0.25, 0.3) is 0 Å². The van der Waals surface area contributed by atoms with Crippen LogP contribution in [0.2, 0.25) is 0 Å². The first-order valence-electron chi connectivity index (χ1n) is 5.68. The zero-order valence-electron chi connectivity index (χ0n) is 9.13. The zero-order valence-corrected chi connectivity index (χ0v) is 9.13. The van der Waals surface area contributed by atoms with E-state index in [4.69, 9.17) is 4.74 Å². The predicted octanol–water partition coefficient (Wildman–Crippen LogP) is 3.85. The molecular weight excluding hydrogens is 191 g/mol. The molecule has 0 spiro atoms. The highest BCUT2D eigenvalue weighted by atomic mass is 19.1. The Morgan fingerprint density at radius 2 is 1.93 bits per heavy atom. The van der Waals surface area contributed by atoms with Crippen molar-refractivity contribution in [2.45, 2.75) is 45.1 Å². The van der Waals surface area contributed by atoms with Gasteiger partial charge in [-0.25, -0.2) is 4.39 Å². The lowest BCUT2D eigenvalue weighted by Gasteiger charge is -2.23. The Morgan fingerprint density at radius 1 is 1.20 bits per heavy atom. The molecule has 1 nitrogen and oxygen atoms in total. The summed E-state index contributed by atoms with van der Waals surface area (Å²) in [6, 6.07) is 4.72. The summed E-state index contributed by atoms with van der Waals surface area (Å²) in [5.41, 5.74) is 0.889. The fourth-order valence-electron chi connectivity index (χ4n) is 2.11. The molecule has 0 saturated heterocycles. The second-order valence-corrected chi connectivity index (χ2v) is 4.29. The third-order valence-electron chi connectivity index (χ3n) is 2.98. The van der Waals surface area contributed by atoms with Gasteiger partial charge in [-0.2, -0.15) is 0 Å². The number of hydrogen-bond acceptors (Lipinski definition) is 1. The summed E-state index contributed by atoms with van der Waals surface area (Å²) >= 11 is 0. The lowest BCUT2D eigenvalue weighted by Crippen LogP contribution is -2.20. The lowest BCUT2D eigenvalue weighted by atomic mass is 9.98. The van der Waals surface area contributed by atoms with Crippen molar-refractivity contribution >= 4 is 0 Å². The van der Waals surface area contributed by atoms with Gasteiger partial charge in [0.25, 0.3) is 0 Å². The van der Waals surface area contributed by atoms with Crippen LogP contribution in [-0.4, -0.2) is 6.10 Å². The first-order valence-corrected chi connectivity index (χ1v) is 5.68. The molecule has 1 fully saturated rings. The Hall–Kier alpha value is -1.05. The van der Waals surface area contributed by atoms with Gasteiger partial charge >= 0.3 is 0 Å². The molecule has 0 heterocycles. The summed E-state index contributed by atoms with van der Waals surface area (Å²) < 4.78 is 18.7. The van der Waals surface area contributed by atoms with E-state index < -0.39 is 0 Å². The fourth-order valence-corrected chi connectivity index (χ4v) is 2.11. The minimum absolute atomic E-state index is 0.191. The topological polar surface area (TPSA) is 9.23 Å². The van der Waals surface area contributed by atoms with E-state index in [0.29, 0.717) is 6.10 Å². The van der Waals surface area contributed by atoms with Crippen LogP contribution in [0.5, 0.6) is 5.75 Å². The van der Waals surface area contributed by atoms with Crippen LogP contribution in [0.1, 0.15) is 37.7 Å². The second-order valence-electron chi connectivity index (χ2n) is 4.29. The van der Waals surface area contributed by atoms with Crippen LogP contribution in [0.3, 0.4) is 0 Å². The Kier molecular flexibility index (Phi) is 3.24. The summed E-state index contributed by atoms with van der Waals surface area (Å²) in [6.45, 7) is 1.89. The largest absolute Gasteiger partial charge is 0.490 e. The van der Waals surface area contributed by atoms with Crippen molar-refractivity contribution in [1.82, 2.24) is 0 Å². The van der Waals surface area contributed by atoms with Crippen molar-refractivity contribution in [2.24, 2.45) is 0 Å². The second kappa shape index (κ2) is 4.65. The predicted molar refractivity (Wildman–Crippen MR) is 58.6 cm³/mol. The van der Waals surface area contributed by atoms with Crippen molar-refractivity contribution < 1.29 is 9.13 Å². The molecule has 0 amide bonds. The number of hydrogen-bond donors (Lipinski definition) is 0. The average Bonchev–Trinajstić information content (AvgIpc) is 2.24. The molecule has 1 saturated carbocycles. The van der Waals surface area contributed by atoms with Crippen LogP contribution in [-0.2, 0) is 0 Å². The van der Waals surface area contributed by atoms with E-state index in [-0.39, 0.29) is 5.82 Å². The molecule has 1 aromatic rings. The van der Waals surface area contributed by atoms with E-state index in [9.17, 15) is 4.39 Å². The molecule has 2 heteroatoms. The number of halogens is 1. The maximum atomic E-state index is 12.9. The molecule has 2 rings (SSSR count). The third kappa shape index (κ3) is 2.71. The number of rotatable bonds is 2. The molecule has 0 radical (unpaired) electrons. The van der Waals surface area contributed by atoms with Crippen LogP contribution in [0.4, 0.5) is 4.39 Å². The number of aryl methyl sites for hydroxylation is 1. The van der Waals surface area contributed by atoms with Crippen LogP contribution in [0, 0.1) is 12.7 Å². The van der Waals surface area contributed by atoms with E-state index in [0.717, 1.165) is 24.2 Å². The van der Waals surface area contributed by atoms with Gasteiger partial charge in [-0.05, 0) is 56.4 Å². The molecule has 82 valence electrons. The summed E-state index contributed by atoms with van der Waals surface area (Å²) in [7, 11) is 0. The number of benzene rings is 1. The van der Waals surface area contributed by atoms with Crippen LogP contribution in [0.15, 0.2) is 18.2 Å². The van der Waals surface area contributed by atoms with Crippen LogP contribution >= 0.6 is 0 Å². The smallest absolute Gasteiger partial charge is 0.123 e. The van der Waals surface area contributed by atoms with Gasteiger partial charge in [0.05, 0.1) is 6.10 Å². The van der Waals surface area contributed by atoms with Crippen molar-refractivity contribution in [3.05, 3.63) is 29.6 Å². The van der Waals surface area contributed by atoms with Gasteiger partial charge in [0.1, 0.15) is 11.6 Å². The fraction of sp³-hybridized carbons (Fsp3) is 0.538. The van der Waals surface area contributed by atoms with Crippen LogP contribution < -0.4 is 4.74 Å². The van der Waals surface area contributed by atoms with Gasteiger partial charge < -0.3 is 4.74 Å². The molecule has 0 atom stereocenters. The molecule has 1 aliphatic rings. The maximum Gasteiger partial charge on any atom is 0.123 e. The third-order valence-corrected chi connectivity index (χ3v) is 2.98. The van der Waals surface area contributed by atoms with Crippen molar-refractivity contribution in [3.8, 4) is 5.75 Å². The SMILES string of the molecule is Cc1cc(F)ccc1OC1CCCCC1. The minimum Gasteiger partial charge on any atom is -0.490 e. The van der Waals surface area contributed by atoms with Crippen molar-refractivity contribution in [3.63, 3.8) is 0 Å². The summed E-state index contributed by atoms with van der Waals surface area (Å²) in [5, 5.41) is 0. The molecular formula is C13H17FO. The average molecular weight is 208 g/mol. The highest BCUT2D eigenvalue weighted by molar-refractivity contribution is 5.32. The van der Waals surface area contributed by atoms with Gasteiger partial charge in [0, 0.05) is 0 Å². The molecule has 1 aromatic carbocycles. The highest BCUT2D eigenvalue weighted by Gasteiger charge is 2.15. The Bertz CT molecular complexity index is 329. The standard InChI is InChI=1S/C13H17FO/c1-10-9-11(14)7-8-13(10)15-12-5-3-2-4-6-12/h7-9,12H,2-6H2,1H3. The highest BCUT2D eigenvalue weighted by Crippen LogP contribution is 2.25. The molecule has 0 unspecified atom stereocenters. The summed E-state index contributed by atoms with van der Waals surface area (Å²) in [6.07, 6.45) is 6.44. The van der Waals surface area contributed by atoms with E-state index in [1.165, 1.54) is 31.4 Å². The first-order chi connectivity index (χ1) is 7.25. The van der Waals surface area contributed by atoms with Crippen molar-refractivity contribution in [2.75, 3.05) is 0 Å². The molecule has 0 N–H and O–H groups in total. The lowest BCUT2D eigenvalue weighted by molar-refractivity contribution is 0.154. The number of ether oxygens (including phenoxy) is 1. The normalized spacial score (nSPS) is 17.7. The Balaban J connectivity index is 2.03. The van der Waals surface area contributed by atoms with E-state index in [1.54, 1.807) is 6.07 Å². The molecule has 0 aliphatic heterocycles. The Labute approximate surface area is 90.3 Å². The maximum absolute atomic E-state index is 12.9. The van der Waals surface area contributed by atoms with Gasteiger partial charge in [-0.15, -0.1) is 0 Å². The summed E-state index contributed by atoms with van der Waals surface area (Å²) in [5.74, 6) is 0.645. The van der Waals surface area contributed by atoms with Gasteiger partial charge in [-0.1, -0.05) is 6.42 Å². The quantitative estimate of drug-likeness (QED) is 0.717.